The highest BCUT2D eigenvalue weighted by atomic mass is 19.4. The smallest absolute Gasteiger partial charge is 0.312 e. The zero-order valence-electron chi connectivity index (χ0n) is 12.2. The molecule has 0 saturated carbocycles. The van der Waals surface area contributed by atoms with Crippen LogP contribution in [0.4, 0.5) is 13.2 Å². The quantitative estimate of drug-likeness (QED) is 0.712. The first-order valence-corrected chi connectivity index (χ1v) is 6.53. The molecule has 18 heavy (non-hydrogen) atoms. The molecular weight excluding hydrogens is 241 g/mol. The summed E-state index contributed by atoms with van der Waals surface area (Å²) in [5.41, 5.74) is 0.103. The standard InChI is InChI=1S/C13H27F3N2/c1-11(7-6-9-17-12(2,3)4)18(5)10-8-13(14,15)16/h11,17H,6-10H2,1-5H3. The van der Waals surface area contributed by atoms with Crippen molar-refractivity contribution >= 4 is 0 Å². The maximum absolute atomic E-state index is 12.1. The van der Waals surface area contributed by atoms with Crippen LogP contribution < -0.4 is 5.32 Å². The van der Waals surface area contributed by atoms with Gasteiger partial charge in [-0.05, 0) is 54.1 Å². The molecule has 0 amide bonds. The van der Waals surface area contributed by atoms with Crippen molar-refractivity contribution in [1.29, 1.82) is 0 Å². The van der Waals surface area contributed by atoms with Crippen LogP contribution in [0.1, 0.15) is 47.0 Å². The third kappa shape index (κ3) is 10.8. The van der Waals surface area contributed by atoms with Gasteiger partial charge in [0.1, 0.15) is 0 Å². The second-order valence-corrected chi connectivity index (χ2v) is 6.01. The predicted molar refractivity (Wildman–Crippen MR) is 69.8 cm³/mol. The summed E-state index contributed by atoms with van der Waals surface area (Å²) in [6.45, 7) is 9.27. The van der Waals surface area contributed by atoms with E-state index in [2.05, 4.69) is 26.1 Å². The van der Waals surface area contributed by atoms with Gasteiger partial charge >= 0.3 is 6.18 Å². The molecule has 0 radical (unpaired) electrons. The number of nitrogens with zero attached hydrogens (tertiary/aromatic N) is 1. The molecule has 0 rings (SSSR count). The van der Waals surface area contributed by atoms with Gasteiger partial charge in [0, 0.05) is 18.1 Å². The minimum Gasteiger partial charge on any atom is -0.312 e. The molecule has 1 unspecified atom stereocenters. The molecule has 0 aliphatic heterocycles. The Labute approximate surface area is 109 Å². The van der Waals surface area contributed by atoms with Gasteiger partial charge in [-0.1, -0.05) is 0 Å². The number of nitrogens with one attached hydrogen (secondary N) is 1. The van der Waals surface area contributed by atoms with E-state index >= 15 is 0 Å². The third-order valence-corrected chi connectivity index (χ3v) is 2.95. The molecule has 0 aromatic carbocycles. The molecule has 0 aromatic rings. The molecular formula is C13H27F3N2. The average molecular weight is 268 g/mol. The van der Waals surface area contributed by atoms with Crippen LogP contribution in [0.2, 0.25) is 0 Å². The van der Waals surface area contributed by atoms with Gasteiger partial charge in [-0.15, -0.1) is 0 Å². The molecule has 0 saturated heterocycles. The second-order valence-electron chi connectivity index (χ2n) is 6.01. The fraction of sp³-hybridized carbons (Fsp3) is 1.00. The molecule has 110 valence electrons. The van der Waals surface area contributed by atoms with E-state index in [4.69, 9.17) is 0 Å². The van der Waals surface area contributed by atoms with Crippen molar-refractivity contribution in [2.45, 2.75) is 64.7 Å². The first-order valence-electron chi connectivity index (χ1n) is 6.53. The van der Waals surface area contributed by atoms with Crippen LogP contribution in [-0.2, 0) is 0 Å². The van der Waals surface area contributed by atoms with Crippen LogP contribution in [0.5, 0.6) is 0 Å². The Hall–Kier alpha value is -0.290. The highest BCUT2D eigenvalue weighted by molar-refractivity contribution is 4.71. The van der Waals surface area contributed by atoms with E-state index in [-0.39, 0.29) is 18.1 Å². The van der Waals surface area contributed by atoms with Crippen LogP contribution in [-0.4, -0.2) is 42.8 Å². The van der Waals surface area contributed by atoms with Crippen molar-refractivity contribution in [1.82, 2.24) is 10.2 Å². The first kappa shape index (κ1) is 17.7. The molecule has 0 aliphatic rings. The third-order valence-electron chi connectivity index (χ3n) is 2.95. The topological polar surface area (TPSA) is 15.3 Å². The van der Waals surface area contributed by atoms with E-state index in [9.17, 15) is 13.2 Å². The summed E-state index contributed by atoms with van der Waals surface area (Å²) in [4.78, 5) is 1.78. The number of rotatable bonds is 7. The zero-order chi connectivity index (χ0) is 14.4. The minimum absolute atomic E-state index is 0.0807. The van der Waals surface area contributed by atoms with Gasteiger partial charge in [0.15, 0.2) is 0 Å². The lowest BCUT2D eigenvalue weighted by atomic mass is 10.1. The van der Waals surface area contributed by atoms with E-state index in [1.807, 2.05) is 6.92 Å². The van der Waals surface area contributed by atoms with Gasteiger partial charge in [-0.2, -0.15) is 13.2 Å². The van der Waals surface area contributed by atoms with E-state index in [0.29, 0.717) is 0 Å². The number of hydrogen-bond donors (Lipinski definition) is 1. The Bertz CT molecular complexity index is 221. The molecule has 0 spiro atoms. The molecule has 1 atom stereocenters. The van der Waals surface area contributed by atoms with Crippen LogP contribution in [0, 0.1) is 0 Å². The van der Waals surface area contributed by atoms with Gasteiger partial charge < -0.3 is 10.2 Å². The van der Waals surface area contributed by atoms with Crippen molar-refractivity contribution < 1.29 is 13.2 Å². The fourth-order valence-corrected chi connectivity index (χ4v) is 1.60. The van der Waals surface area contributed by atoms with E-state index in [1.54, 1.807) is 11.9 Å². The van der Waals surface area contributed by atoms with E-state index < -0.39 is 12.6 Å². The molecule has 0 bridgehead atoms. The number of alkyl halides is 3. The fourth-order valence-electron chi connectivity index (χ4n) is 1.60. The van der Waals surface area contributed by atoms with Crippen LogP contribution >= 0.6 is 0 Å². The summed E-state index contributed by atoms with van der Waals surface area (Å²) in [7, 11) is 1.76. The molecule has 0 aromatic heterocycles. The van der Waals surface area contributed by atoms with Crippen molar-refractivity contribution in [2.24, 2.45) is 0 Å². The molecule has 5 heteroatoms. The van der Waals surface area contributed by atoms with Gasteiger partial charge in [-0.25, -0.2) is 0 Å². The van der Waals surface area contributed by atoms with Crippen LogP contribution in [0.3, 0.4) is 0 Å². The van der Waals surface area contributed by atoms with Crippen LogP contribution in [0.25, 0.3) is 0 Å². The summed E-state index contributed by atoms with van der Waals surface area (Å²) in [6.07, 6.45) is -2.89. The normalized spacial score (nSPS) is 15.2. The lowest BCUT2D eigenvalue weighted by Gasteiger charge is -2.26. The molecule has 0 heterocycles. The Balaban J connectivity index is 3.72. The number of hydrogen-bond acceptors (Lipinski definition) is 2. The Morgan fingerprint density at radius 3 is 2.17 bits per heavy atom. The van der Waals surface area contributed by atoms with Gasteiger partial charge in [0.05, 0.1) is 6.42 Å². The predicted octanol–water partition coefficient (Wildman–Crippen LogP) is 3.43. The largest absolute Gasteiger partial charge is 0.390 e. The van der Waals surface area contributed by atoms with Gasteiger partial charge in [0.2, 0.25) is 0 Å². The van der Waals surface area contributed by atoms with Crippen LogP contribution in [0.15, 0.2) is 0 Å². The summed E-state index contributed by atoms with van der Waals surface area (Å²) >= 11 is 0. The maximum Gasteiger partial charge on any atom is 0.390 e. The summed E-state index contributed by atoms with van der Waals surface area (Å²) in [6, 6.07) is 0.189. The van der Waals surface area contributed by atoms with Crippen molar-refractivity contribution in [3.8, 4) is 0 Å². The molecule has 0 aliphatic carbocycles. The maximum atomic E-state index is 12.1. The molecule has 2 nitrogen and oxygen atoms in total. The monoisotopic (exact) mass is 268 g/mol. The Kier molecular flexibility index (Phi) is 7.22. The Morgan fingerprint density at radius 1 is 1.17 bits per heavy atom. The first-order chi connectivity index (χ1) is 8.01. The second kappa shape index (κ2) is 7.34. The Morgan fingerprint density at radius 2 is 1.72 bits per heavy atom. The number of halogens is 3. The SMILES string of the molecule is CC(CCCNC(C)(C)C)N(C)CCC(F)(F)F. The molecule has 0 fully saturated rings. The van der Waals surface area contributed by atoms with E-state index in [0.717, 1.165) is 19.4 Å². The summed E-state index contributed by atoms with van der Waals surface area (Å²) < 4.78 is 36.2. The van der Waals surface area contributed by atoms with Gasteiger partial charge in [-0.3, -0.25) is 0 Å². The minimum atomic E-state index is -4.05. The van der Waals surface area contributed by atoms with Crippen molar-refractivity contribution in [2.75, 3.05) is 20.1 Å². The van der Waals surface area contributed by atoms with Crippen molar-refractivity contribution in [3.63, 3.8) is 0 Å². The summed E-state index contributed by atoms with van der Waals surface area (Å²) in [5, 5.41) is 3.37. The lowest BCUT2D eigenvalue weighted by molar-refractivity contribution is -0.138. The highest BCUT2D eigenvalue weighted by Gasteiger charge is 2.27. The highest BCUT2D eigenvalue weighted by Crippen LogP contribution is 2.20. The van der Waals surface area contributed by atoms with E-state index in [1.165, 1.54) is 0 Å². The van der Waals surface area contributed by atoms with Crippen molar-refractivity contribution in [3.05, 3.63) is 0 Å². The van der Waals surface area contributed by atoms with Gasteiger partial charge in [0.25, 0.3) is 0 Å². The summed E-state index contributed by atoms with van der Waals surface area (Å²) in [5.74, 6) is 0. The lowest BCUT2D eigenvalue weighted by Crippen LogP contribution is -2.37. The molecule has 1 N–H and O–H groups in total. The zero-order valence-corrected chi connectivity index (χ0v) is 12.2. The average Bonchev–Trinajstić information content (AvgIpc) is 2.18.